The predicted molar refractivity (Wildman–Crippen MR) is 117 cm³/mol. The van der Waals surface area contributed by atoms with Gasteiger partial charge in [0.05, 0.1) is 23.5 Å². The molecule has 1 unspecified atom stereocenters. The number of carbonyl (C=O) groups excluding carboxylic acids is 1. The number of para-hydroxylation sites is 1. The number of carbonyl (C=O) groups is 1. The summed E-state index contributed by atoms with van der Waals surface area (Å²) >= 11 is 0. The predicted octanol–water partition coefficient (Wildman–Crippen LogP) is 2.73. The number of anilines is 2. The molecule has 4 heterocycles. The minimum atomic E-state index is -0.209. The number of amides is 1. The van der Waals surface area contributed by atoms with E-state index in [0.29, 0.717) is 44.1 Å². The number of hydrogen-bond donors (Lipinski definition) is 0. The van der Waals surface area contributed by atoms with Crippen molar-refractivity contribution >= 4 is 28.4 Å². The van der Waals surface area contributed by atoms with E-state index in [1.807, 2.05) is 28.1 Å². The van der Waals surface area contributed by atoms with E-state index < -0.39 is 0 Å². The van der Waals surface area contributed by atoms with Gasteiger partial charge in [0.15, 0.2) is 5.65 Å². The van der Waals surface area contributed by atoms with Gasteiger partial charge in [0.2, 0.25) is 5.91 Å². The molecule has 2 saturated heterocycles. The molecule has 8 heteroatoms. The van der Waals surface area contributed by atoms with E-state index in [9.17, 15) is 9.18 Å². The van der Waals surface area contributed by atoms with Gasteiger partial charge in [-0.15, -0.1) is 0 Å². The maximum absolute atomic E-state index is 14.1. The SMILES string of the molecule is O=C(C1CCCN(c2cnc3nccnc3c2)C1)N1CCN(c2ccccc2F)CC1. The van der Waals surface area contributed by atoms with Crippen LogP contribution in [-0.4, -0.2) is 65.0 Å². The second kappa shape index (κ2) is 8.45. The lowest BCUT2D eigenvalue weighted by Crippen LogP contribution is -2.52. The zero-order chi connectivity index (χ0) is 21.2. The highest BCUT2D eigenvalue weighted by Gasteiger charge is 2.31. The molecule has 2 aromatic heterocycles. The normalized spacial score (nSPS) is 19.6. The summed E-state index contributed by atoms with van der Waals surface area (Å²) in [5, 5.41) is 0. The minimum absolute atomic E-state index is 0.0358. The lowest BCUT2D eigenvalue weighted by Gasteiger charge is -2.40. The average Bonchev–Trinajstić information content (AvgIpc) is 2.84. The molecule has 2 fully saturated rings. The Labute approximate surface area is 180 Å². The van der Waals surface area contributed by atoms with Gasteiger partial charge in [-0.1, -0.05) is 12.1 Å². The maximum atomic E-state index is 14.1. The average molecular weight is 420 g/mol. The Kier molecular flexibility index (Phi) is 5.36. The minimum Gasteiger partial charge on any atom is -0.369 e. The molecular formula is C23H25FN6O. The van der Waals surface area contributed by atoms with Gasteiger partial charge in [0.1, 0.15) is 11.3 Å². The van der Waals surface area contributed by atoms with Crippen molar-refractivity contribution in [2.24, 2.45) is 5.92 Å². The first-order chi connectivity index (χ1) is 15.2. The van der Waals surface area contributed by atoms with E-state index in [0.717, 1.165) is 30.6 Å². The fraction of sp³-hybridized carbons (Fsp3) is 0.391. The molecule has 3 aromatic rings. The number of halogens is 1. The van der Waals surface area contributed by atoms with Crippen molar-refractivity contribution in [2.45, 2.75) is 12.8 Å². The van der Waals surface area contributed by atoms with Gasteiger partial charge in [-0.25, -0.2) is 14.4 Å². The Morgan fingerprint density at radius 3 is 2.61 bits per heavy atom. The van der Waals surface area contributed by atoms with Crippen molar-refractivity contribution in [3.05, 3.63) is 54.7 Å². The van der Waals surface area contributed by atoms with E-state index in [1.54, 1.807) is 24.5 Å². The number of piperidine rings is 1. The summed E-state index contributed by atoms with van der Waals surface area (Å²) < 4.78 is 14.1. The Hall–Kier alpha value is -3.29. The molecular weight excluding hydrogens is 395 g/mol. The molecule has 0 saturated carbocycles. The van der Waals surface area contributed by atoms with Crippen molar-refractivity contribution < 1.29 is 9.18 Å². The Bertz CT molecular complexity index is 1080. The molecule has 31 heavy (non-hydrogen) atoms. The molecule has 0 spiro atoms. The molecule has 5 rings (SSSR count). The molecule has 2 aliphatic heterocycles. The number of fused-ring (bicyclic) bond motifs is 1. The molecule has 0 N–H and O–H groups in total. The first-order valence-electron chi connectivity index (χ1n) is 10.8. The van der Waals surface area contributed by atoms with E-state index in [1.165, 1.54) is 6.07 Å². The number of aromatic nitrogens is 3. The van der Waals surface area contributed by atoms with Crippen LogP contribution < -0.4 is 9.80 Å². The first-order valence-corrected chi connectivity index (χ1v) is 10.8. The fourth-order valence-electron chi connectivity index (χ4n) is 4.57. The lowest BCUT2D eigenvalue weighted by molar-refractivity contribution is -0.136. The van der Waals surface area contributed by atoms with Crippen LogP contribution in [0.1, 0.15) is 12.8 Å². The number of hydrogen-bond acceptors (Lipinski definition) is 6. The van der Waals surface area contributed by atoms with Crippen LogP contribution in [0, 0.1) is 11.7 Å². The number of rotatable bonds is 3. The van der Waals surface area contributed by atoms with Gasteiger partial charge in [0, 0.05) is 51.7 Å². The summed E-state index contributed by atoms with van der Waals surface area (Å²) in [6.45, 7) is 4.12. The molecule has 1 aromatic carbocycles. The highest BCUT2D eigenvalue weighted by Crippen LogP contribution is 2.26. The Balaban J connectivity index is 1.23. The summed E-state index contributed by atoms with van der Waals surface area (Å²) in [6.07, 6.45) is 6.97. The number of nitrogens with zero attached hydrogens (tertiary/aromatic N) is 6. The highest BCUT2D eigenvalue weighted by atomic mass is 19.1. The molecule has 0 radical (unpaired) electrons. The monoisotopic (exact) mass is 420 g/mol. The fourth-order valence-corrected chi connectivity index (χ4v) is 4.57. The molecule has 2 aliphatic rings. The van der Waals surface area contributed by atoms with Crippen LogP contribution >= 0.6 is 0 Å². The second-order valence-electron chi connectivity index (χ2n) is 8.14. The lowest BCUT2D eigenvalue weighted by atomic mass is 9.95. The highest BCUT2D eigenvalue weighted by molar-refractivity contribution is 5.80. The summed E-state index contributed by atoms with van der Waals surface area (Å²) in [5.74, 6) is -0.0448. The third-order valence-electron chi connectivity index (χ3n) is 6.23. The summed E-state index contributed by atoms with van der Waals surface area (Å²) in [4.78, 5) is 32.4. The van der Waals surface area contributed by atoms with E-state index >= 15 is 0 Å². The van der Waals surface area contributed by atoms with Gasteiger partial charge in [0.25, 0.3) is 0 Å². The van der Waals surface area contributed by atoms with Crippen LogP contribution in [0.3, 0.4) is 0 Å². The zero-order valence-corrected chi connectivity index (χ0v) is 17.3. The van der Waals surface area contributed by atoms with Crippen LogP contribution in [0.4, 0.5) is 15.8 Å². The Morgan fingerprint density at radius 1 is 0.968 bits per heavy atom. The van der Waals surface area contributed by atoms with Crippen molar-refractivity contribution in [3.8, 4) is 0 Å². The number of piperazine rings is 1. The van der Waals surface area contributed by atoms with E-state index in [4.69, 9.17) is 0 Å². The standard InChI is InChI=1S/C23H25FN6O/c24-19-5-1-2-6-21(19)28-10-12-29(13-11-28)23(31)17-4-3-9-30(16-17)18-14-20-22(27-15-18)26-8-7-25-20/h1-2,5-8,14-15,17H,3-4,9-13,16H2. The van der Waals surface area contributed by atoms with Gasteiger partial charge in [-0.3, -0.25) is 9.78 Å². The van der Waals surface area contributed by atoms with Gasteiger partial charge in [-0.2, -0.15) is 0 Å². The van der Waals surface area contributed by atoms with Gasteiger partial charge in [-0.05, 0) is 31.0 Å². The van der Waals surface area contributed by atoms with Crippen molar-refractivity contribution in [3.63, 3.8) is 0 Å². The summed E-state index contributed by atoms with van der Waals surface area (Å²) in [6, 6.07) is 8.82. The number of pyridine rings is 1. The molecule has 7 nitrogen and oxygen atoms in total. The first kappa shape index (κ1) is 19.7. The quantitative estimate of drug-likeness (QED) is 0.649. The second-order valence-corrected chi connectivity index (χ2v) is 8.14. The van der Waals surface area contributed by atoms with Crippen LogP contribution in [0.5, 0.6) is 0 Å². The van der Waals surface area contributed by atoms with E-state index in [2.05, 4.69) is 19.9 Å². The maximum Gasteiger partial charge on any atom is 0.227 e. The van der Waals surface area contributed by atoms with Crippen LogP contribution in [0.25, 0.3) is 11.2 Å². The molecule has 1 atom stereocenters. The topological polar surface area (TPSA) is 65.5 Å². The molecule has 1 amide bonds. The molecule has 0 aliphatic carbocycles. The smallest absolute Gasteiger partial charge is 0.227 e. The van der Waals surface area contributed by atoms with Crippen LogP contribution in [0.2, 0.25) is 0 Å². The van der Waals surface area contributed by atoms with Gasteiger partial charge < -0.3 is 14.7 Å². The van der Waals surface area contributed by atoms with Gasteiger partial charge >= 0.3 is 0 Å². The van der Waals surface area contributed by atoms with E-state index in [-0.39, 0.29) is 17.6 Å². The third kappa shape index (κ3) is 4.02. The summed E-state index contributed by atoms with van der Waals surface area (Å²) in [5.41, 5.74) is 2.99. The third-order valence-corrected chi connectivity index (χ3v) is 6.23. The Morgan fingerprint density at radius 2 is 1.77 bits per heavy atom. The number of benzene rings is 1. The van der Waals surface area contributed by atoms with Crippen LogP contribution in [-0.2, 0) is 4.79 Å². The van der Waals surface area contributed by atoms with Crippen molar-refractivity contribution in [2.75, 3.05) is 49.1 Å². The van der Waals surface area contributed by atoms with Crippen molar-refractivity contribution in [1.82, 2.24) is 19.9 Å². The van der Waals surface area contributed by atoms with Crippen LogP contribution in [0.15, 0.2) is 48.9 Å². The molecule has 160 valence electrons. The molecule has 0 bridgehead atoms. The van der Waals surface area contributed by atoms with Crippen molar-refractivity contribution in [1.29, 1.82) is 0 Å². The zero-order valence-electron chi connectivity index (χ0n) is 17.3. The summed E-state index contributed by atoms with van der Waals surface area (Å²) in [7, 11) is 0. The largest absolute Gasteiger partial charge is 0.369 e.